The summed E-state index contributed by atoms with van der Waals surface area (Å²) >= 11 is 0. The van der Waals surface area contributed by atoms with Crippen LogP contribution < -0.4 is 0 Å². The van der Waals surface area contributed by atoms with Gasteiger partial charge in [0.25, 0.3) is 0 Å². The predicted octanol–water partition coefficient (Wildman–Crippen LogP) is 3.91. The van der Waals surface area contributed by atoms with Gasteiger partial charge >= 0.3 is 11.9 Å². The molecule has 0 bridgehead atoms. The van der Waals surface area contributed by atoms with Gasteiger partial charge in [-0.05, 0) is 56.8 Å². The maximum atomic E-state index is 9.55. The van der Waals surface area contributed by atoms with Crippen LogP contribution in [0.25, 0.3) is 10.9 Å². The van der Waals surface area contributed by atoms with Crippen molar-refractivity contribution in [1.82, 2.24) is 9.47 Å². The number of hydrogen-bond donors (Lipinski definition) is 2. The number of hydrogen-bond acceptors (Lipinski definition) is 3. The fourth-order valence-corrected chi connectivity index (χ4v) is 4.92. The topological polar surface area (TPSA) is 82.8 Å². The molecule has 3 atom stereocenters. The molecule has 1 aromatic heterocycles. The van der Waals surface area contributed by atoms with Crippen molar-refractivity contribution in [2.45, 2.75) is 51.6 Å². The van der Waals surface area contributed by atoms with E-state index in [0.29, 0.717) is 24.2 Å². The van der Waals surface area contributed by atoms with Crippen molar-refractivity contribution in [3.63, 3.8) is 0 Å². The SMILES string of the molecule is CC(C)n1cc2c3c(cccc31)[C@H]1C[C@@H](C)CN(C)[C@@H]1C2.O=C(O)/C=C\C(=O)O. The number of fused-ring (bicyclic) bond motifs is 2. The Labute approximate surface area is 171 Å². The fraction of sp³-hybridized carbons (Fsp3) is 0.478. The highest BCUT2D eigenvalue weighted by Gasteiger charge is 2.38. The van der Waals surface area contributed by atoms with Crippen molar-refractivity contribution in [3.05, 3.63) is 47.7 Å². The minimum Gasteiger partial charge on any atom is -0.478 e. The van der Waals surface area contributed by atoms with Gasteiger partial charge in [0.2, 0.25) is 0 Å². The lowest BCUT2D eigenvalue weighted by Gasteiger charge is -2.44. The van der Waals surface area contributed by atoms with E-state index in [1.807, 2.05) is 0 Å². The standard InChI is InChI=1S/C19H26N2.C4H4O4/c1-12(2)21-11-14-9-18-16(8-13(3)10-20(18)4)15-6-5-7-17(21)19(14)15;5-3(6)1-2-4(7)8/h5-7,11-13,16,18H,8-10H2,1-4H3;1-2H,(H,5,6)(H,7,8)/b;2-1-/t13-,16-,18-;/m1./s1. The second-order valence-electron chi connectivity index (χ2n) is 8.56. The lowest BCUT2D eigenvalue weighted by atomic mass is 9.73. The molecule has 1 aliphatic heterocycles. The predicted molar refractivity (Wildman–Crippen MR) is 113 cm³/mol. The van der Waals surface area contributed by atoms with Gasteiger partial charge in [-0.2, -0.15) is 0 Å². The molecule has 0 saturated carbocycles. The van der Waals surface area contributed by atoms with Crippen molar-refractivity contribution >= 4 is 22.8 Å². The molecule has 29 heavy (non-hydrogen) atoms. The van der Waals surface area contributed by atoms with Crippen molar-refractivity contribution in [3.8, 4) is 0 Å². The third-order valence-corrected chi connectivity index (χ3v) is 6.01. The highest BCUT2D eigenvalue weighted by molar-refractivity contribution is 5.90. The number of likely N-dealkylation sites (tertiary alicyclic amines) is 1. The molecule has 0 spiro atoms. The number of aromatic nitrogens is 1. The summed E-state index contributed by atoms with van der Waals surface area (Å²) in [6.45, 7) is 8.23. The van der Waals surface area contributed by atoms with E-state index in [0.717, 1.165) is 11.8 Å². The Morgan fingerprint density at radius 3 is 2.41 bits per heavy atom. The van der Waals surface area contributed by atoms with Crippen LogP contribution in [0.2, 0.25) is 0 Å². The molecule has 4 rings (SSSR count). The third kappa shape index (κ3) is 4.37. The van der Waals surface area contributed by atoms with Crippen molar-refractivity contribution in [1.29, 1.82) is 0 Å². The Morgan fingerprint density at radius 2 is 1.83 bits per heavy atom. The summed E-state index contributed by atoms with van der Waals surface area (Å²) in [6, 6.07) is 8.19. The van der Waals surface area contributed by atoms with Gasteiger partial charge in [0.05, 0.1) is 0 Å². The van der Waals surface area contributed by atoms with E-state index in [4.69, 9.17) is 10.2 Å². The van der Waals surface area contributed by atoms with Gasteiger partial charge in [0, 0.05) is 53.8 Å². The maximum absolute atomic E-state index is 9.55. The van der Waals surface area contributed by atoms with E-state index in [1.54, 1.807) is 16.5 Å². The van der Waals surface area contributed by atoms with Crippen LogP contribution in [0.3, 0.4) is 0 Å². The van der Waals surface area contributed by atoms with Crippen LogP contribution >= 0.6 is 0 Å². The first kappa shape index (κ1) is 21.1. The monoisotopic (exact) mass is 398 g/mol. The fourth-order valence-electron chi connectivity index (χ4n) is 4.92. The Bertz CT molecular complexity index is 928. The first-order valence-corrected chi connectivity index (χ1v) is 10.2. The smallest absolute Gasteiger partial charge is 0.328 e. The highest BCUT2D eigenvalue weighted by Crippen LogP contribution is 2.45. The Balaban J connectivity index is 0.000000258. The largest absolute Gasteiger partial charge is 0.478 e. The molecular formula is C23H30N2O4. The average molecular weight is 399 g/mol. The summed E-state index contributed by atoms with van der Waals surface area (Å²) in [5.41, 5.74) is 4.62. The Hall–Kier alpha value is -2.60. The second-order valence-corrected chi connectivity index (χ2v) is 8.56. The lowest BCUT2D eigenvalue weighted by molar-refractivity contribution is -0.134. The van der Waals surface area contributed by atoms with Crippen LogP contribution in [0.15, 0.2) is 36.5 Å². The summed E-state index contributed by atoms with van der Waals surface area (Å²) in [7, 11) is 2.32. The molecule has 156 valence electrons. The van der Waals surface area contributed by atoms with Crippen molar-refractivity contribution in [2.75, 3.05) is 13.6 Å². The van der Waals surface area contributed by atoms with Crippen LogP contribution in [0, 0.1) is 5.92 Å². The maximum Gasteiger partial charge on any atom is 0.328 e. The molecule has 6 heteroatoms. The molecule has 6 nitrogen and oxygen atoms in total. The molecule has 1 fully saturated rings. The first-order chi connectivity index (χ1) is 13.7. The number of benzene rings is 1. The molecule has 0 radical (unpaired) electrons. The molecule has 2 aliphatic rings. The summed E-state index contributed by atoms with van der Waals surface area (Å²) in [4.78, 5) is 21.7. The molecule has 1 aromatic carbocycles. The minimum absolute atomic E-state index is 0.535. The second kappa shape index (κ2) is 8.41. The third-order valence-electron chi connectivity index (χ3n) is 6.01. The van der Waals surface area contributed by atoms with Crippen LogP contribution in [0.1, 0.15) is 50.3 Å². The molecule has 2 aromatic rings. The number of likely N-dealkylation sites (N-methyl/N-ethyl adjacent to an activating group) is 1. The van der Waals surface area contributed by atoms with Crippen LogP contribution in [-0.2, 0) is 16.0 Å². The summed E-state index contributed by atoms with van der Waals surface area (Å²) < 4.78 is 2.47. The van der Waals surface area contributed by atoms with Gasteiger partial charge in [-0.3, -0.25) is 0 Å². The van der Waals surface area contributed by atoms with Crippen molar-refractivity contribution in [2.24, 2.45) is 5.92 Å². The zero-order chi connectivity index (χ0) is 21.3. The van der Waals surface area contributed by atoms with E-state index in [1.165, 1.54) is 24.9 Å². The minimum atomic E-state index is -1.26. The van der Waals surface area contributed by atoms with Gasteiger partial charge < -0.3 is 19.7 Å². The molecule has 0 amide bonds. The van der Waals surface area contributed by atoms with Gasteiger partial charge in [-0.1, -0.05) is 19.1 Å². The van der Waals surface area contributed by atoms with Crippen LogP contribution in [0.4, 0.5) is 0 Å². The number of rotatable bonds is 3. The average Bonchev–Trinajstić information content (AvgIpc) is 3.02. The Kier molecular flexibility index (Phi) is 6.13. The summed E-state index contributed by atoms with van der Waals surface area (Å²) in [5.74, 6) is -0.988. The molecule has 0 unspecified atom stereocenters. The van der Waals surface area contributed by atoms with Gasteiger partial charge in [0.15, 0.2) is 0 Å². The van der Waals surface area contributed by atoms with Gasteiger partial charge in [0.1, 0.15) is 0 Å². The van der Waals surface area contributed by atoms with Gasteiger partial charge in [-0.25, -0.2) is 9.59 Å². The summed E-state index contributed by atoms with van der Waals surface area (Å²) in [5, 5.41) is 17.2. The lowest BCUT2D eigenvalue weighted by Crippen LogP contribution is -2.47. The van der Waals surface area contributed by atoms with Gasteiger partial charge in [-0.15, -0.1) is 0 Å². The number of piperidine rings is 1. The number of aliphatic carboxylic acids is 2. The van der Waals surface area contributed by atoms with Crippen LogP contribution in [0.5, 0.6) is 0 Å². The van der Waals surface area contributed by atoms with E-state index in [9.17, 15) is 9.59 Å². The molecule has 1 aliphatic carbocycles. The molecule has 2 N–H and O–H groups in total. The molecular weight excluding hydrogens is 368 g/mol. The normalized spacial score (nSPS) is 23.7. The Morgan fingerprint density at radius 1 is 1.17 bits per heavy atom. The number of carbonyl (C=O) groups is 2. The van der Waals surface area contributed by atoms with Crippen LogP contribution in [-0.4, -0.2) is 51.3 Å². The first-order valence-electron chi connectivity index (χ1n) is 10.2. The zero-order valence-corrected chi connectivity index (χ0v) is 17.5. The van der Waals surface area contributed by atoms with E-state index < -0.39 is 11.9 Å². The van der Waals surface area contributed by atoms with E-state index in [2.05, 4.69) is 61.7 Å². The van der Waals surface area contributed by atoms with E-state index >= 15 is 0 Å². The van der Waals surface area contributed by atoms with E-state index in [-0.39, 0.29) is 0 Å². The molecule has 1 saturated heterocycles. The number of carboxylic acid groups (broad SMARTS) is 2. The highest BCUT2D eigenvalue weighted by atomic mass is 16.4. The summed E-state index contributed by atoms with van der Waals surface area (Å²) in [6.07, 6.45) is 6.10. The molecule has 2 heterocycles. The quantitative estimate of drug-likeness (QED) is 0.766. The number of nitrogens with zero attached hydrogens (tertiary/aromatic N) is 2. The number of carboxylic acids is 2. The van der Waals surface area contributed by atoms with Crippen molar-refractivity contribution < 1.29 is 19.8 Å². The zero-order valence-electron chi connectivity index (χ0n) is 17.5.